The molecule has 1 aliphatic heterocycles. The minimum Gasteiger partial charge on any atom is -0.449 e. The Balaban J connectivity index is 1.49. The van der Waals surface area contributed by atoms with Gasteiger partial charge in [0.25, 0.3) is 0 Å². The second kappa shape index (κ2) is 7.46. The van der Waals surface area contributed by atoms with Crippen LogP contribution >= 0.6 is 0 Å². The molecule has 3 heterocycles. The Labute approximate surface area is 140 Å². The molecule has 0 aliphatic carbocycles. The molecule has 8 nitrogen and oxygen atoms in total. The van der Waals surface area contributed by atoms with E-state index in [1.807, 2.05) is 18.7 Å². The van der Waals surface area contributed by atoms with Crippen LogP contribution in [0.1, 0.15) is 43.1 Å². The third-order valence-electron chi connectivity index (χ3n) is 4.16. The van der Waals surface area contributed by atoms with Crippen molar-refractivity contribution in [3.8, 4) is 0 Å². The smallest absolute Gasteiger partial charge is 0.317 e. The number of nitrogens with zero attached hydrogens (tertiary/aromatic N) is 4. The van der Waals surface area contributed by atoms with Gasteiger partial charge in [-0.25, -0.2) is 9.78 Å². The van der Waals surface area contributed by atoms with Crippen LogP contribution in [0.3, 0.4) is 0 Å². The summed E-state index contributed by atoms with van der Waals surface area (Å²) in [7, 11) is 0. The maximum atomic E-state index is 12.4. The topological polar surface area (TPSA) is 97.3 Å². The van der Waals surface area contributed by atoms with Crippen molar-refractivity contribution in [3.63, 3.8) is 0 Å². The van der Waals surface area contributed by atoms with Crippen molar-refractivity contribution in [2.75, 3.05) is 13.1 Å². The molecule has 1 aliphatic rings. The van der Waals surface area contributed by atoms with Gasteiger partial charge in [-0.2, -0.15) is 4.98 Å². The molecular formula is C16H23N5O3. The lowest BCUT2D eigenvalue weighted by atomic mass is 9.95. The zero-order valence-electron chi connectivity index (χ0n) is 14.1. The van der Waals surface area contributed by atoms with Gasteiger partial charge in [0.05, 0.1) is 12.2 Å². The van der Waals surface area contributed by atoms with Gasteiger partial charge in [-0.15, -0.1) is 0 Å². The van der Waals surface area contributed by atoms with Crippen LogP contribution in [0, 0.1) is 12.8 Å². The van der Waals surface area contributed by atoms with Crippen LogP contribution in [0.2, 0.25) is 0 Å². The molecule has 24 heavy (non-hydrogen) atoms. The number of carbonyl (C=O) groups excluding carboxylic acids is 1. The summed E-state index contributed by atoms with van der Waals surface area (Å²) in [4.78, 5) is 22.7. The molecule has 0 saturated carbocycles. The Hall–Kier alpha value is -2.38. The largest absolute Gasteiger partial charge is 0.449 e. The molecule has 2 aromatic rings. The van der Waals surface area contributed by atoms with E-state index in [4.69, 9.17) is 8.94 Å². The summed E-state index contributed by atoms with van der Waals surface area (Å²) in [6.45, 7) is 5.64. The standard InChI is InChI=1S/C16H23N5O3/c1-3-14-19-13(10-23-14)8-17-16(22)21-6-4-5-12(9-21)7-15-18-11(2)20-24-15/h10,12H,3-9H2,1-2H3,(H,17,22). The van der Waals surface area contributed by atoms with Gasteiger partial charge >= 0.3 is 6.03 Å². The zero-order valence-corrected chi connectivity index (χ0v) is 14.1. The van der Waals surface area contributed by atoms with E-state index < -0.39 is 0 Å². The monoisotopic (exact) mass is 333 g/mol. The number of oxazole rings is 1. The maximum Gasteiger partial charge on any atom is 0.317 e. The van der Waals surface area contributed by atoms with E-state index in [0.29, 0.717) is 43.0 Å². The highest BCUT2D eigenvalue weighted by Gasteiger charge is 2.25. The summed E-state index contributed by atoms with van der Waals surface area (Å²) >= 11 is 0. The first kappa shape index (κ1) is 16.5. The Morgan fingerprint density at radius 3 is 3.00 bits per heavy atom. The van der Waals surface area contributed by atoms with E-state index >= 15 is 0 Å². The van der Waals surface area contributed by atoms with E-state index in [9.17, 15) is 4.79 Å². The van der Waals surface area contributed by atoms with Crippen molar-refractivity contribution >= 4 is 6.03 Å². The third kappa shape index (κ3) is 4.12. The molecule has 1 N–H and O–H groups in total. The van der Waals surface area contributed by atoms with Crippen LogP contribution in [0.25, 0.3) is 0 Å². The molecule has 1 unspecified atom stereocenters. The normalized spacial score (nSPS) is 17.9. The predicted molar refractivity (Wildman–Crippen MR) is 85.2 cm³/mol. The molecule has 0 spiro atoms. The molecule has 2 aromatic heterocycles. The molecule has 1 fully saturated rings. The quantitative estimate of drug-likeness (QED) is 0.900. The van der Waals surface area contributed by atoms with E-state index in [2.05, 4.69) is 20.4 Å². The van der Waals surface area contributed by atoms with Gasteiger partial charge in [0.1, 0.15) is 6.26 Å². The van der Waals surface area contributed by atoms with Gasteiger partial charge in [0, 0.05) is 25.9 Å². The van der Waals surface area contributed by atoms with E-state index in [0.717, 1.165) is 31.5 Å². The highest BCUT2D eigenvalue weighted by molar-refractivity contribution is 5.74. The van der Waals surface area contributed by atoms with Gasteiger partial charge in [0.15, 0.2) is 11.7 Å². The lowest BCUT2D eigenvalue weighted by Crippen LogP contribution is -2.45. The van der Waals surface area contributed by atoms with Crippen molar-refractivity contribution in [1.82, 2.24) is 25.3 Å². The van der Waals surface area contributed by atoms with E-state index in [1.165, 1.54) is 0 Å². The fourth-order valence-corrected chi connectivity index (χ4v) is 2.96. The number of aryl methyl sites for hydroxylation is 2. The Morgan fingerprint density at radius 2 is 2.29 bits per heavy atom. The molecule has 1 saturated heterocycles. The number of hydrogen-bond acceptors (Lipinski definition) is 6. The fourth-order valence-electron chi connectivity index (χ4n) is 2.96. The lowest BCUT2D eigenvalue weighted by Gasteiger charge is -2.32. The van der Waals surface area contributed by atoms with Crippen LogP contribution in [0.4, 0.5) is 4.79 Å². The zero-order chi connectivity index (χ0) is 16.9. The number of amides is 2. The maximum absolute atomic E-state index is 12.4. The molecular weight excluding hydrogens is 310 g/mol. The predicted octanol–water partition coefficient (Wildman–Crippen LogP) is 2.09. The molecule has 0 aromatic carbocycles. The highest BCUT2D eigenvalue weighted by Crippen LogP contribution is 2.20. The summed E-state index contributed by atoms with van der Waals surface area (Å²) in [5.41, 5.74) is 0.745. The molecule has 2 amide bonds. The van der Waals surface area contributed by atoms with Crippen LogP contribution in [-0.4, -0.2) is 39.1 Å². The first-order valence-corrected chi connectivity index (χ1v) is 8.39. The minimum atomic E-state index is -0.0672. The van der Waals surface area contributed by atoms with E-state index in [1.54, 1.807) is 6.26 Å². The average Bonchev–Trinajstić information content (AvgIpc) is 3.21. The average molecular weight is 333 g/mol. The fraction of sp³-hybridized carbons (Fsp3) is 0.625. The molecule has 130 valence electrons. The minimum absolute atomic E-state index is 0.0672. The van der Waals surface area contributed by atoms with Crippen molar-refractivity contribution in [2.24, 2.45) is 5.92 Å². The summed E-state index contributed by atoms with van der Waals surface area (Å²) in [6, 6.07) is -0.0672. The van der Waals surface area contributed by atoms with Crippen LogP contribution in [-0.2, 0) is 19.4 Å². The molecule has 8 heteroatoms. The molecule has 3 rings (SSSR count). The number of urea groups is 1. The SMILES string of the molecule is CCc1nc(CNC(=O)N2CCCC(Cc3nc(C)no3)C2)co1. The lowest BCUT2D eigenvalue weighted by molar-refractivity contribution is 0.161. The number of carbonyl (C=O) groups is 1. The summed E-state index contributed by atoms with van der Waals surface area (Å²) < 4.78 is 10.5. The Kier molecular flexibility index (Phi) is 5.12. The van der Waals surface area contributed by atoms with Gasteiger partial charge in [-0.05, 0) is 25.7 Å². The van der Waals surface area contributed by atoms with Crippen molar-refractivity contribution in [3.05, 3.63) is 29.6 Å². The van der Waals surface area contributed by atoms with Crippen molar-refractivity contribution in [2.45, 2.75) is 46.1 Å². The third-order valence-corrected chi connectivity index (χ3v) is 4.16. The highest BCUT2D eigenvalue weighted by atomic mass is 16.5. The second-order valence-corrected chi connectivity index (χ2v) is 6.14. The Bertz CT molecular complexity index is 681. The number of nitrogens with one attached hydrogen (secondary N) is 1. The summed E-state index contributed by atoms with van der Waals surface area (Å²) in [6.07, 6.45) is 5.10. The van der Waals surface area contributed by atoms with Gasteiger partial charge in [0.2, 0.25) is 5.89 Å². The van der Waals surface area contributed by atoms with Crippen LogP contribution in [0.5, 0.6) is 0 Å². The number of piperidine rings is 1. The van der Waals surface area contributed by atoms with E-state index in [-0.39, 0.29) is 6.03 Å². The van der Waals surface area contributed by atoms with Gasteiger partial charge < -0.3 is 19.2 Å². The van der Waals surface area contributed by atoms with Crippen LogP contribution < -0.4 is 5.32 Å². The second-order valence-electron chi connectivity index (χ2n) is 6.14. The molecule has 0 radical (unpaired) electrons. The Morgan fingerprint density at radius 1 is 1.42 bits per heavy atom. The summed E-state index contributed by atoms with van der Waals surface area (Å²) in [5.74, 6) is 2.33. The number of aromatic nitrogens is 3. The van der Waals surface area contributed by atoms with Gasteiger partial charge in [-0.1, -0.05) is 12.1 Å². The van der Waals surface area contributed by atoms with Crippen LogP contribution in [0.15, 0.2) is 15.2 Å². The first-order valence-electron chi connectivity index (χ1n) is 8.39. The van der Waals surface area contributed by atoms with Crippen molar-refractivity contribution in [1.29, 1.82) is 0 Å². The number of rotatable bonds is 5. The molecule has 0 bridgehead atoms. The van der Waals surface area contributed by atoms with Crippen molar-refractivity contribution < 1.29 is 13.7 Å². The number of likely N-dealkylation sites (tertiary alicyclic amines) is 1. The summed E-state index contributed by atoms with van der Waals surface area (Å²) in [5, 5.41) is 6.72. The first-order chi connectivity index (χ1) is 11.6. The van der Waals surface area contributed by atoms with Gasteiger partial charge in [-0.3, -0.25) is 0 Å². The molecule has 1 atom stereocenters. The number of hydrogen-bond donors (Lipinski definition) is 1.